The van der Waals surface area contributed by atoms with Crippen molar-refractivity contribution in [1.29, 1.82) is 0 Å². The van der Waals surface area contributed by atoms with E-state index in [9.17, 15) is 4.79 Å². The van der Waals surface area contributed by atoms with Gasteiger partial charge in [0.2, 0.25) is 5.95 Å². The highest BCUT2D eigenvalue weighted by molar-refractivity contribution is 5.84. The molecule has 3 heterocycles. The fraction of sp³-hybridized carbons (Fsp3) is 0.524. The second kappa shape index (κ2) is 8.65. The summed E-state index contributed by atoms with van der Waals surface area (Å²) in [5, 5.41) is 6.14. The highest BCUT2D eigenvalue weighted by Crippen LogP contribution is 2.32. The Kier molecular flexibility index (Phi) is 5.81. The molecule has 0 bridgehead atoms. The molecule has 2 aliphatic heterocycles. The molecule has 0 spiro atoms. The third kappa shape index (κ3) is 4.30. The van der Waals surface area contributed by atoms with Crippen molar-refractivity contribution in [2.75, 3.05) is 43.5 Å². The first-order valence-electron chi connectivity index (χ1n) is 10.2. The van der Waals surface area contributed by atoms with E-state index in [1.807, 2.05) is 30.5 Å². The molecule has 0 radical (unpaired) electrons. The number of anilines is 2. The van der Waals surface area contributed by atoms with Crippen LogP contribution in [0.5, 0.6) is 0 Å². The molecule has 1 amide bonds. The number of nitrogens with one attached hydrogen (secondary N) is 3. The Labute approximate surface area is 165 Å². The van der Waals surface area contributed by atoms with Crippen molar-refractivity contribution in [2.24, 2.45) is 11.8 Å². The molecular formula is C21H29N5O2. The van der Waals surface area contributed by atoms with E-state index in [0.717, 1.165) is 55.2 Å². The predicted molar refractivity (Wildman–Crippen MR) is 111 cm³/mol. The van der Waals surface area contributed by atoms with E-state index in [0.29, 0.717) is 5.69 Å². The third-order valence-corrected chi connectivity index (χ3v) is 6.00. The van der Waals surface area contributed by atoms with E-state index in [-0.39, 0.29) is 0 Å². The number of carbonyl (C=O) groups excluding carboxylic acids is 1. The molecular weight excluding hydrogens is 354 g/mol. The van der Waals surface area contributed by atoms with E-state index < -0.39 is 6.09 Å². The van der Waals surface area contributed by atoms with Gasteiger partial charge in [0.25, 0.3) is 0 Å². The monoisotopic (exact) mass is 383 g/mol. The van der Waals surface area contributed by atoms with Gasteiger partial charge in [-0.3, -0.25) is 5.32 Å². The maximum Gasteiger partial charge on any atom is 0.411 e. The normalized spacial score (nSPS) is 20.8. The smallest absolute Gasteiger partial charge is 0.411 e. The summed E-state index contributed by atoms with van der Waals surface area (Å²) in [6.07, 6.45) is 6.60. The van der Waals surface area contributed by atoms with Crippen LogP contribution >= 0.6 is 0 Å². The number of amides is 1. The molecule has 2 aromatic rings. The van der Waals surface area contributed by atoms with Crippen LogP contribution in [0.15, 0.2) is 30.5 Å². The van der Waals surface area contributed by atoms with Gasteiger partial charge in [-0.05, 0) is 68.3 Å². The van der Waals surface area contributed by atoms with Gasteiger partial charge < -0.3 is 19.9 Å². The summed E-state index contributed by atoms with van der Waals surface area (Å²) < 4.78 is 4.62. The zero-order chi connectivity index (χ0) is 19.3. The third-order valence-electron chi connectivity index (χ3n) is 6.00. The molecule has 2 aliphatic rings. The average molecular weight is 383 g/mol. The van der Waals surface area contributed by atoms with Gasteiger partial charge in [-0.2, -0.15) is 0 Å². The van der Waals surface area contributed by atoms with Crippen molar-refractivity contribution in [3.05, 3.63) is 30.5 Å². The van der Waals surface area contributed by atoms with Crippen molar-refractivity contribution in [3.8, 4) is 11.3 Å². The van der Waals surface area contributed by atoms with Crippen molar-refractivity contribution in [1.82, 2.24) is 15.3 Å². The summed E-state index contributed by atoms with van der Waals surface area (Å²) >= 11 is 0. The van der Waals surface area contributed by atoms with Crippen LogP contribution in [0.1, 0.15) is 25.7 Å². The molecule has 1 aromatic carbocycles. The van der Waals surface area contributed by atoms with E-state index in [2.05, 4.69) is 30.2 Å². The standard InChI is InChI=1S/C21H29N5O2/c1-28-21(27)24-18-6-4-16(5-7-18)19-13-23-20(25-19)26-12-2-3-17(14-26)15-8-10-22-11-9-15/h4-7,13,15,17,22H,2-3,8-12,14H2,1H3,(H,23,25)(H,24,27). The zero-order valence-electron chi connectivity index (χ0n) is 16.4. The first-order valence-corrected chi connectivity index (χ1v) is 10.2. The molecule has 1 aromatic heterocycles. The lowest BCUT2D eigenvalue weighted by Crippen LogP contribution is -2.42. The number of hydrogen-bond donors (Lipinski definition) is 3. The van der Waals surface area contributed by atoms with Crippen LogP contribution in [-0.4, -0.2) is 49.4 Å². The molecule has 7 heteroatoms. The van der Waals surface area contributed by atoms with Crippen molar-refractivity contribution in [3.63, 3.8) is 0 Å². The quantitative estimate of drug-likeness (QED) is 0.753. The lowest BCUT2D eigenvalue weighted by atomic mass is 9.80. The molecule has 4 rings (SSSR count). The van der Waals surface area contributed by atoms with Crippen LogP contribution in [0.3, 0.4) is 0 Å². The molecule has 1 atom stereocenters. The van der Waals surface area contributed by atoms with Crippen LogP contribution in [-0.2, 0) is 4.74 Å². The number of H-pyrrole nitrogens is 1. The molecule has 2 saturated heterocycles. The highest BCUT2D eigenvalue weighted by atomic mass is 16.5. The highest BCUT2D eigenvalue weighted by Gasteiger charge is 2.29. The second-order valence-corrected chi connectivity index (χ2v) is 7.75. The number of piperidine rings is 2. The van der Waals surface area contributed by atoms with E-state index in [1.54, 1.807) is 0 Å². The number of nitrogens with zero attached hydrogens (tertiary/aromatic N) is 2. The Hall–Kier alpha value is -2.54. The molecule has 7 nitrogen and oxygen atoms in total. The summed E-state index contributed by atoms with van der Waals surface area (Å²) in [5.41, 5.74) is 2.74. The van der Waals surface area contributed by atoms with Crippen LogP contribution in [0.25, 0.3) is 11.3 Å². The number of ether oxygens (including phenoxy) is 1. The van der Waals surface area contributed by atoms with Crippen LogP contribution < -0.4 is 15.5 Å². The first-order chi connectivity index (χ1) is 13.7. The minimum Gasteiger partial charge on any atom is -0.453 e. The summed E-state index contributed by atoms with van der Waals surface area (Å²) in [4.78, 5) is 21.8. The minimum absolute atomic E-state index is 0.468. The molecule has 2 fully saturated rings. The zero-order valence-corrected chi connectivity index (χ0v) is 16.4. The van der Waals surface area contributed by atoms with Gasteiger partial charge in [0.05, 0.1) is 19.0 Å². The van der Waals surface area contributed by atoms with Crippen molar-refractivity contribution >= 4 is 17.7 Å². The summed E-state index contributed by atoms with van der Waals surface area (Å²) in [6.45, 7) is 4.48. The fourth-order valence-corrected chi connectivity index (χ4v) is 4.42. The van der Waals surface area contributed by atoms with Crippen LogP contribution in [0, 0.1) is 11.8 Å². The maximum absolute atomic E-state index is 11.3. The van der Waals surface area contributed by atoms with Gasteiger partial charge >= 0.3 is 6.09 Å². The number of imidazole rings is 1. The van der Waals surface area contributed by atoms with Gasteiger partial charge in [0.15, 0.2) is 0 Å². The predicted octanol–water partition coefficient (Wildman–Crippen LogP) is 3.47. The summed E-state index contributed by atoms with van der Waals surface area (Å²) in [5.74, 6) is 2.58. The number of aromatic amines is 1. The van der Waals surface area contributed by atoms with E-state index in [4.69, 9.17) is 0 Å². The van der Waals surface area contributed by atoms with Gasteiger partial charge in [-0.15, -0.1) is 0 Å². The number of aromatic nitrogens is 2. The Morgan fingerprint density at radius 1 is 1.18 bits per heavy atom. The topological polar surface area (TPSA) is 82.3 Å². The summed E-state index contributed by atoms with van der Waals surface area (Å²) in [6, 6.07) is 7.66. The van der Waals surface area contributed by atoms with Crippen LogP contribution in [0.4, 0.5) is 16.4 Å². The van der Waals surface area contributed by atoms with Crippen molar-refractivity contribution < 1.29 is 9.53 Å². The van der Waals surface area contributed by atoms with Gasteiger partial charge in [0, 0.05) is 18.8 Å². The molecule has 3 N–H and O–H groups in total. The first kappa shape index (κ1) is 18.8. The lowest BCUT2D eigenvalue weighted by Gasteiger charge is -2.38. The molecule has 0 aliphatic carbocycles. The number of carbonyl (C=O) groups is 1. The minimum atomic E-state index is -0.468. The number of benzene rings is 1. The van der Waals surface area contributed by atoms with Crippen molar-refractivity contribution in [2.45, 2.75) is 25.7 Å². The fourth-order valence-electron chi connectivity index (χ4n) is 4.42. The lowest BCUT2D eigenvalue weighted by molar-refractivity contribution is 0.187. The molecule has 1 unspecified atom stereocenters. The second-order valence-electron chi connectivity index (χ2n) is 7.75. The molecule has 0 saturated carbocycles. The number of methoxy groups -OCH3 is 1. The van der Waals surface area contributed by atoms with Gasteiger partial charge in [-0.25, -0.2) is 9.78 Å². The van der Waals surface area contributed by atoms with Crippen LogP contribution in [0.2, 0.25) is 0 Å². The Morgan fingerprint density at radius 2 is 1.96 bits per heavy atom. The average Bonchev–Trinajstić information content (AvgIpc) is 3.25. The Morgan fingerprint density at radius 3 is 2.71 bits per heavy atom. The largest absolute Gasteiger partial charge is 0.453 e. The van der Waals surface area contributed by atoms with Gasteiger partial charge in [0.1, 0.15) is 0 Å². The molecule has 150 valence electrons. The Bertz CT molecular complexity index is 782. The van der Waals surface area contributed by atoms with Gasteiger partial charge in [-0.1, -0.05) is 12.1 Å². The van der Waals surface area contributed by atoms with E-state index >= 15 is 0 Å². The Balaban J connectivity index is 1.41. The SMILES string of the molecule is COC(=O)Nc1ccc(-c2cnc(N3CCCC(C4CCNCC4)C3)[nH]2)cc1. The maximum atomic E-state index is 11.3. The summed E-state index contributed by atoms with van der Waals surface area (Å²) in [7, 11) is 1.35. The number of hydrogen-bond acceptors (Lipinski definition) is 5. The molecule has 28 heavy (non-hydrogen) atoms. The number of rotatable bonds is 4. The van der Waals surface area contributed by atoms with E-state index in [1.165, 1.54) is 32.8 Å².